The monoisotopic (exact) mass is 480 g/mol. The molecule has 0 saturated carbocycles. The summed E-state index contributed by atoms with van der Waals surface area (Å²) in [5.41, 5.74) is 10.7. The van der Waals surface area contributed by atoms with Crippen LogP contribution in [0.25, 0.3) is 11.1 Å². The van der Waals surface area contributed by atoms with Gasteiger partial charge in [0.1, 0.15) is 11.2 Å². The molecule has 1 atom stereocenters. The van der Waals surface area contributed by atoms with Gasteiger partial charge in [-0.15, -0.1) is 11.3 Å². The normalized spacial score (nSPS) is 17.7. The SMILES string of the molecule is CC/C(C)=C(\C)N1c2sc3c(c2C(c2ccc(-c4cccc(C#N)c4)cc2)=NCC1NC)CCC3. The van der Waals surface area contributed by atoms with E-state index in [0.717, 1.165) is 35.2 Å². The fourth-order valence-corrected chi connectivity index (χ4v) is 6.67. The fraction of sp³-hybridized carbons (Fsp3) is 0.333. The summed E-state index contributed by atoms with van der Waals surface area (Å²) in [5, 5.41) is 14.1. The van der Waals surface area contributed by atoms with Crippen LogP contribution in [0.2, 0.25) is 0 Å². The highest BCUT2D eigenvalue weighted by Gasteiger charge is 2.34. The average Bonchev–Trinajstić information content (AvgIpc) is 3.45. The van der Waals surface area contributed by atoms with Crippen LogP contribution in [-0.2, 0) is 12.8 Å². The lowest BCUT2D eigenvalue weighted by molar-refractivity contribution is 0.567. The number of allylic oxidation sites excluding steroid dienone is 2. The van der Waals surface area contributed by atoms with E-state index in [1.165, 1.54) is 45.1 Å². The van der Waals surface area contributed by atoms with Crippen molar-refractivity contribution in [1.29, 1.82) is 5.26 Å². The van der Waals surface area contributed by atoms with Crippen LogP contribution >= 0.6 is 11.3 Å². The number of benzene rings is 2. The Morgan fingerprint density at radius 2 is 1.89 bits per heavy atom. The van der Waals surface area contributed by atoms with Gasteiger partial charge in [0.25, 0.3) is 0 Å². The second-order valence-corrected chi connectivity index (χ2v) is 10.5. The number of hydrogen-bond donors (Lipinski definition) is 1. The minimum Gasteiger partial charge on any atom is -0.319 e. The molecular weight excluding hydrogens is 448 g/mol. The van der Waals surface area contributed by atoms with E-state index < -0.39 is 0 Å². The van der Waals surface area contributed by atoms with Gasteiger partial charge in [0, 0.05) is 21.7 Å². The van der Waals surface area contributed by atoms with Gasteiger partial charge in [-0.2, -0.15) is 5.26 Å². The number of fused-ring (bicyclic) bond motifs is 3. The molecule has 0 amide bonds. The van der Waals surface area contributed by atoms with Crippen LogP contribution in [0.5, 0.6) is 0 Å². The molecule has 2 aromatic carbocycles. The highest BCUT2D eigenvalue weighted by atomic mass is 32.1. The summed E-state index contributed by atoms with van der Waals surface area (Å²) >= 11 is 1.96. The lowest BCUT2D eigenvalue weighted by atomic mass is 9.96. The number of aliphatic imine (C=N–C) groups is 1. The summed E-state index contributed by atoms with van der Waals surface area (Å²) in [6.07, 6.45) is 4.70. The van der Waals surface area contributed by atoms with Crippen LogP contribution in [0, 0.1) is 11.3 Å². The average molecular weight is 481 g/mol. The Labute approximate surface area is 212 Å². The van der Waals surface area contributed by atoms with Gasteiger partial charge in [-0.3, -0.25) is 10.3 Å². The Hall–Kier alpha value is -3.20. The minimum atomic E-state index is 0.125. The maximum atomic E-state index is 9.27. The molecule has 4 nitrogen and oxygen atoms in total. The third kappa shape index (κ3) is 4.22. The maximum absolute atomic E-state index is 9.27. The van der Waals surface area contributed by atoms with E-state index in [-0.39, 0.29) is 6.17 Å². The predicted molar refractivity (Wildman–Crippen MR) is 147 cm³/mol. The molecule has 3 aromatic rings. The molecule has 0 spiro atoms. The molecule has 1 N–H and O–H groups in total. The van der Waals surface area contributed by atoms with E-state index >= 15 is 0 Å². The van der Waals surface area contributed by atoms with E-state index in [1.807, 2.05) is 36.6 Å². The van der Waals surface area contributed by atoms with E-state index in [0.29, 0.717) is 12.1 Å². The van der Waals surface area contributed by atoms with Crippen LogP contribution in [0.1, 0.15) is 60.7 Å². The predicted octanol–water partition coefficient (Wildman–Crippen LogP) is 6.68. The van der Waals surface area contributed by atoms with Crippen LogP contribution < -0.4 is 10.2 Å². The van der Waals surface area contributed by atoms with Crippen molar-refractivity contribution in [3.8, 4) is 17.2 Å². The largest absolute Gasteiger partial charge is 0.319 e. The van der Waals surface area contributed by atoms with Gasteiger partial charge in [-0.1, -0.05) is 48.9 Å². The highest BCUT2D eigenvalue weighted by molar-refractivity contribution is 7.17. The van der Waals surface area contributed by atoms with Crippen molar-refractivity contribution in [2.24, 2.45) is 4.99 Å². The van der Waals surface area contributed by atoms with Gasteiger partial charge in [0.15, 0.2) is 0 Å². The topological polar surface area (TPSA) is 51.4 Å². The summed E-state index contributed by atoms with van der Waals surface area (Å²) in [4.78, 5) is 9.27. The van der Waals surface area contributed by atoms with Crippen molar-refractivity contribution in [2.45, 2.75) is 52.6 Å². The molecule has 1 aliphatic heterocycles. The molecule has 2 heterocycles. The van der Waals surface area contributed by atoms with Crippen LogP contribution in [-0.4, -0.2) is 25.5 Å². The van der Waals surface area contributed by atoms with Gasteiger partial charge < -0.3 is 4.90 Å². The van der Waals surface area contributed by atoms with Gasteiger partial charge in [-0.05, 0) is 75.4 Å². The number of nitrogens with one attached hydrogen (secondary N) is 1. The Balaban J connectivity index is 1.62. The number of nitrogens with zero attached hydrogens (tertiary/aromatic N) is 3. The van der Waals surface area contributed by atoms with Gasteiger partial charge >= 0.3 is 0 Å². The number of rotatable bonds is 5. The second kappa shape index (κ2) is 9.81. The lowest BCUT2D eigenvalue weighted by Gasteiger charge is -2.33. The quantitative estimate of drug-likeness (QED) is 0.443. The number of thiophene rings is 1. The third-order valence-corrected chi connectivity index (χ3v) is 8.71. The molecule has 0 saturated heterocycles. The van der Waals surface area contributed by atoms with Crippen molar-refractivity contribution in [3.05, 3.63) is 86.9 Å². The van der Waals surface area contributed by atoms with Crippen LogP contribution in [0.3, 0.4) is 0 Å². The summed E-state index contributed by atoms with van der Waals surface area (Å²) < 4.78 is 0. The fourth-order valence-electron chi connectivity index (χ4n) is 5.18. The smallest absolute Gasteiger partial charge is 0.107 e. The molecule has 35 heavy (non-hydrogen) atoms. The summed E-state index contributed by atoms with van der Waals surface area (Å²) in [7, 11) is 2.04. The number of nitriles is 1. The first kappa shape index (κ1) is 23.5. The Morgan fingerprint density at radius 3 is 2.60 bits per heavy atom. The molecule has 178 valence electrons. The van der Waals surface area contributed by atoms with E-state index in [2.05, 4.69) is 67.4 Å². The number of hydrogen-bond acceptors (Lipinski definition) is 5. The molecule has 0 bridgehead atoms. The van der Waals surface area contributed by atoms with E-state index in [4.69, 9.17) is 4.99 Å². The molecule has 1 unspecified atom stereocenters. The molecule has 2 aliphatic rings. The molecular formula is C30H32N4S. The van der Waals surface area contributed by atoms with E-state index in [1.54, 1.807) is 0 Å². The lowest BCUT2D eigenvalue weighted by Crippen LogP contribution is -2.45. The zero-order chi connectivity index (χ0) is 24.5. The summed E-state index contributed by atoms with van der Waals surface area (Å²) in [6.45, 7) is 7.43. The zero-order valence-electron chi connectivity index (χ0n) is 21.0. The van der Waals surface area contributed by atoms with Crippen molar-refractivity contribution in [1.82, 2.24) is 5.32 Å². The molecule has 0 fully saturated rings. The molecule has 0 radical (unpaired) electrons. The van der Waals surface area contributed by atoms with Gasteiger partial charge in [0.05, 0.1) is 23.9 Å². The summed E-state index contributed by atoms with van der Waals surface area (Å²) in [6, 6.07) is 18.7. The highest BCUT2D eigenvalue weighted by Crippen LogP contribution is 2.45. The Kier molecular flexibility index (Phi) is 6.60. The molecule has 1 aromatic heterocycles. The maximum Gasteiger partial charge on any atom is 0.107 e. The molecule has 5 heteroatoms. The number of anilines is 1. The third-order valence-electron chi connectivity index (χ3n) is 7.42. The Morgan fingerprint density at radius 1 is 1.11 bits per heavy atom. The zero-order valence-corrected chi connectivity index (χ0v) is 21.8. The first-order chi connectivity index (χ1) is 17.0. The molecule has 5 rings (SSSR count). The van der Waals surface area contributed by atoms with Crippen molar-refractivity contribution >= 4 is 22.0 Å². The first-order valence-electron chi connectivity index (χ1n) is 12.5. The van der Waals surface area contributed by atoms with Gasteiger partial charge in [0.2, 0.25) is 0 Å². The van der Waals surface area contributed by atoms with Crippen molar-refractivity contribution < 1.29 is 0 Å². The van der Waals surface area contributed by atoms with Crippen LogP contribution in [0.4, 0.5) is 5.00 Å². The molecule has 1 aliphatic carbocycles. The Bertz CT molecular complexity index is 1350. The van der Waals surface area contributed by atoms with Crippen molar-refractivity contribution in [2.75, 3.05) is 18.5 Å². The summed E-state index contributed by atoms with van der Waals surface area (Å²) in [5.74, 6) is 0. The standard InChI is InChI=1S/C30H32N4S/c1-5-19(2)20(3)34-27(32-4)18-33-29(28-25-10-7-11-26(25)35-30(28)34)23-14-12-22(13-15-23)24-9-6-8-21(16-24)17-31/h6,8-9,12-16,27,32H,5,7,10-11,18H2,1-4H3/b20-19+. The minimum absolute atomic E-state index is 0.125. The van der Waals surface area contributed by atoms with Crippen LogP contribution in [0.15, 0.2) is 64.8 Å². The van der Waals surface area contributed by atoms with E-state index in [9.17, 15) is 5.26 Å². The number of likely N-dealkylation sites (N-methyl/N-ethyl adjacent to an activating group) is 1. The first-order valence-corrected chi connectivity index (χ1v) is 13.3. The van der Waals surface area contributed by atoms with Gasteiger partial charge in [-0.25, -0.2) is 0 Å². The second-order valence-electron chi connectivity index (χ2n) is 9.39. The number of aryl methyl sites for hydroxylation is 1. The van der Waals surface area contributed by atoms with Crippen molar-refractivity contribution in [3.63, 3.8) is 0 Å².